The first-order valence-corrected chi connectivity index (χ1v) is 36.0. The Bertz CT molecular complexity index is 1430. The van der Waals surface area contributed by atoms with Gasteiger partial charge >= 0.3 is 7.82 Å². The van der Waals surface area contributed by atoms with Gasteiger partial charge in [-0.1, -0.05) is 319 Å². The van der Waals surface area contributed by atoms with Crippen LogP contribution >= 0.6 is 7.82 Å². The molecule has 1 amide bonds. The topological polar surface area (TPSA) is 105 Å². The molecule has 0 aliphatic rings. The molecule has 3 unspecified atom stereocenters. The monoisotopic (exact) mass is 1130 g/mol. The molecule has 0 spiro atoms. The number of nitrogens with zero attached hydrogens (tertiary/aromatic N) is 1. The Kier molecular flexibility index (Phi) is 59.8. The third-order valence-corrected chi connectivity index (χ3v) is 16.8. The first kappa shape index (κ1) is 77.5. The van der Waals surface area contributed by atoms with Crippen molar-refractivity contribution in [3.05, 3.63) is 48.6 Å². The molecule has 0 fully saturated rings. The minimum atomic E-state index is -4.36. The van der Waals surface area contributed by atoms with E-state index in [4.69, 9.17) is 9.05 Å². The van der Waals surface area contributed by atoms with E-state index in [0.29, 0.717) is 17.4 Å². The van der Waals surface area contributed by atoms with Crippen LogP contribution in [0, 0.1) is 0 Å². The molecular formula is C70H136N2O6P+. The van der Waals surface area contributed by atoms with E-state index in [0.717, 1.165) is 44.9 Å². The fourth-order valence-corrected chi connectivity index (χ4v) is 11.1. The number of aliphatic hydroxyl groups is 1. The van der Waals surface area contributed by atoms with E-state index in [1.807, 2.05) is 27.2 Å². The van der Waals surface area contributed by atoms with Crippen molar-refractivity contribution in [3.8, 4) is 0 Å². The van der Waals surface area contributed by atoms with Gasteiger partial charge in [-0.2, -0.15) is 0 Å². The summed E-state index contributed by atoms with van der Waals surface area (Å²) in [7, 11) is 1.57. The van der Waals surface area contributed by atoms with Crippen LogP contribution in [-0.2, 0) is 18.4 Å². The first-order chi connectivity index (χ1) is 38.5. The highest BCUT2D eigenvalue weighted by molar-refractivity contribution is 7.47. The Labute approximate surface area is 492 Å². The van der Waals surface area contributed by atoms with Crippen molar-refractivity contribution in [3.63, 3.8) is 0 Å². The first-order valence-electron chi connectivity index (χ1n) is 34.5. The molecule has 0 aliphatic carbocycles. The number of unbranched alkanes of at least 4 members (excludes halogenated alkanes) is 45. The van der Waals surface area contributed by atoms with Gasteiger partial charge in [0, 0.05) is 6.42 Å². The fraction of sp³-hybridized carbons (Fsp3) is 0.871. The third-order valence-electron chi connectivity index (χ3n) is 15.8. The van der Waals surface area contributed by atoms with Crippen molar-refractivity contribution in [2.75, 3.05) is 40.9 Å². The third kappa shape index (κ3) is 63.9. The average Bonchev–Trinajstić information content (AvgIpc) is 3.42. The Balaban J connectivity index is 4.01. The Morgan fingerprint density at radius 2 is 0.734 bits per heavy atom. The van der Waals surface area contributed by atoms with E-state index in [1.54, 1.807) is 6.08 Å². The smallest absolute Gasteiger partial charge is 0.387 e. The summed E-state index contributed by atoms with van der Waals surface area (Å²) in [6, 6.07) is -0.864. The highest BCUT2D eigenvalue weighted by atomic mass is 31.2. The normalized spacial score (nSPS) is 14.0. The van der Waals surface area contributed by atoms with Crippen LogP contribution in [0.2, 0.25) is 0 Å². The molecule has 466 valence electrons. The number of likely N-dealkylation sites (N-methyl/N-ethyl adjacent to an activating group) is 1. The van der Waals surface area contributed by atoms with Crippen LogP contribution < -0.4 is 5.32 Å². The summed E-state index contributed by atoms with van der Waals surface area (Å²) < 4.78 is 23.8. The van der Waals surface area contributed by atoms with E-state index in [2.05, 4.69) is 55.6 Å². The quantitative estimate of drug-likeness (QED) is 0.0243. The maximum Gasteiger partial charge on any atom is 0.472 e. The molecule has 0 heterocycles. The summed E-state index contributed by atoms with van der Waals surface area (Å²) in [4.78, 5) is 23.4. The molecule has 8 nitrogen and oxygen atoms in total. The number of hydrogen-bond acceptors (Lipinski definition) is 5. The average molecular weight is 1130 g/mol. The maximum absolute atomic E-state index is 13.0. The van der Waals surface area contributed by atoms with Crippen LogP contribution in [0.15, 0.2) is 48.6 Å². The highest BCUT2D eigenvalue weighted by Crippen LogP contribution is 2.43. The molecule has 79 heavy (non-hydrogen) atoms. The molecule has 3 N–H and O–H groups in total. The zero-order valence-corrected chi connectivity index (χ0v) is 54.3. The zero-order chi connectivity index (χ0) is 57.7. The van der Waals surface area contributed by atoms with Crippen LogP contribution in [0.25, 0.3) is 0 Å². The van der Waals surface area contributed by atoms with E-state index >= 15 is 0 Å². The predicted molar refractivity (Wildman–Crippen MR) is 346 cm³/mol. The van der Waals surface area contributed by atoms with Crippen LogP contribution in [0.5, 0.6) is 0 Å². The van der Waals surface area contributed by atoms with Crippen LogP contribution in [0.4, 0.5) is 0 Å². The second kappa shape index (κ2) is 61.0. The summed E-state index contributed by atoms with van der Waals surface area (Å²) >= 11 is 0. The van der Waals surface area contributed by atoms with Crippen molar-refractivity contribution in [1.82, 2.24) is 5.32 Å². The van der Waals surface area contributed by atoms with Gasteiger partial charge in [0.25, 0.3) is 0 Å². The molecule has 0 saturated carbocycles. The van der Waals surface area contributed by atoms with Crippen LogP contribution in [0.3, 0.4) is 0 Å². The second-order valence-electron chi connectivity index (χ2n) is 24.9. The summed E-state index contributed by atoms with van der Waals surface area (Å²) in [5, 5.41) is 14.0. The lowest BCUT2D eigenvalue weighted by atomic mass is 10.0. The molecule has 0 radical (unpaired) electrons. The van der Waals surface area contributed by atoms with Gasteiger partial charge in [-0.3, -0.25) is 13.8 Å². The summed E-state index contributed by atoms with van der Waals surface area (Å²) in [5.41, 5.74) is 0. The van der Waals surface area contributed by atoms with Gasteiger partial charge in [0.2, 0.25) is 5.91 Å². The molecule has 0 rings (SSSR count). The molecule has 0 aromatic rings. The Morgan fingerprint density at radius 1 is 0.430 bits per heavy atom. The van der Waals surface area contributed by atoms with Crippen LogP contribution in [0.1, 0.15) is 341 Å². The molecule has 0 aromatic carbocycles. The SMILES string of the molecule is CCCCCCCCCCCCCCC/C=C\C/C=C\CCCCCCCCCCCCCCCCCCCC(=O)NC(COP(=O)(O)OCC[N+](C)(C)C)C(O)/C=C/CC/C=C/CCCCCCCCCCCCCCCC. The van der Waals surface area contributed by atoms with Crippen molar-refractivity contribution in [2.24, 2.45) is 0 Å². The summed E-state index contributed by atoms with van der Waals surface area (Å²) in [6.07, 6.45) is 82.7. The molecule has 3 atom stereocenters. The van der Waals surface area contributed by atoms with Gasteiger partial charge in [0.05, 0.1) is 39.9 Å². The van der Waals surface area contributed by atoms with Crippen molar-refractivity contribution >= 4 is 13.7 Å². The number of phosphoric acid groups is 1. The number of nitrogens with one attached hydrogen (secondary N) is 1. The van der Waals surface area contributed by atoms with Crippen molar-refractivity contribution in [1.29, 1.82) is 0 Å². The predicted octanol–water partition coefficient (Wildman–Crippen LogP) is 21.8. The lowest BCUT2D eigenvalue weighted by Gasteiger charge is -2.25. The molecule has 0 aliphatic heterocycles. The number of quaternary nitrogens is 1. The standard InChI is InChI=1S/C70H135N2O6P/c1-6-8-10-12-14-16-18-20-22-24-26-28-29-30-31-32-33-34-35-36-37-38-39-40-41-42-43-44-46-48-50-52-54-56-58-60-62-64-70(74)71-68(67-78-79(75,76)77-66-65-72(3,4)5)69(73)63-61-59-57-55-53-51-49-47-45-27-25-23-21-19-17-15-13-11-9-7-2/h31-32,34-35,53,55,61,63,68-69,73H,6-30,33,36-52,54,56-60,62,64-67H2,1-5H3,(H-,71,74,75,76)/p+1/b32-31-,35-34-,55-53+,63-61+. The molecule has 9 heteroatoms. The van der Waals surface area contributed by atoms with E-state index in [9.17, 15) is 19.4 Å². The lowest BCUT2D eigenvalue weighted by Crippen LogP contribution is -2.45. The zero-order valence-electron chi connectivity index (χ0n) is 53.4. The van der Waals surface area contributed by atoms with E-state index in [-0.39, 0.29) is 19.1 Å². The molecule has 0 saturated heterocycles. The molecule has 0 aromatic heterocycles. The fourth-order valence-electron chi connectivity index (χ4n) is 10.4. The minimum Gasteiger partial charge on any atom is -0.387 e. The van der Waals surface area contributed by atoms with E-state index < -0.39 is 20.0 Å². The van der Waals surface area contributed by atoms with Gasteiger partial charge < -0.3 is 19.8 Å². The largest absolute Gasteiger partial charge is 0.472 e. The van der Waals surface area contributed by atoms with E-state index in [1.165, 1.54) is 276 Å². The maximum atomic E-state index is 13.0. The van der Waals surface area contributed by atoms with Crippen molar-refractivity contribution in [2.45, 2.75) is 353 Å². The van der Waals surface area contributed by atoms with Gasteiger partial charge in [0.15, 0.2) is 0 Å². The van der Waals surface area contributed by atoms with Crippen molar-refractivity contribution < 1.29 is 32.9 Å². The minimum absolute atomic E-state index is 0.0567. The van der Waals surface area contributed by atoms with Gasteiger partial charge in [0.1, 0.15) is 13.2 Å². The second-order valence-corrected chi connectivity index (χ2v) is 26.4. The van der Waals surface area contributed by atoms with Gasteiger partial charge in [-0.15, -0.1) is 0 Å². The van der Waals surface area contributed by atoms with Gasteiger partial charge in [-0.25, -0.2) is 4.57 Å². The summed E-state index contributed by atoms with van der Waals surface area (Å²) in [6.45, 7) is 4.84. The number of rotatable bonds is 64. The lowest BCUT2D eigenvalue weighted by molar-refractivity contribution is -0.870. The number of carbonyl (C=O) groups is 1. The number of carbonyl (C=O) groups excluding carboxylic acids is 1. The number of aliphatic hydroxyl groups excluding tert-OH is 1. The highest BCUT2D eigenvalue weighted by Gasteiger charge is 2.28. The molecule has 0 bridgehead atoms. The number of allylic oxidation sites excluding steroid dienone is 7. The Morgan fingerprint density at radius 3 is 1.09 bits per heavy atom. The molecular weight excluding hydrogens is 996 g/mol. The van der Waals surface area contributed by atoms with Crippen LogP contribution in [-0.4, -0.2) is 73.4 Å². The Hall–Kier alpha value is -1.54. The summed E-state index contributed by atoms with van der Waals surface area (Å²) in [5.74, 6) is -0.182. The number of hydrogen-bond donors (Lipinski definition) is 3. The van der Waals surface area contributed by atoms with Gasteiger partial charge in [-0.05, 0) is 64.2 Å². The number of phosphoric ester groups is 1. The number of amides is 1.